The molecule has 0 N–H and O–H groups in total. The van der Waals surface area contributed by atoms with Gasteiger partial charge in [0, 0.05) is 6.42 Å². The Bertz CT molecular complexity index is 740. The van der Waals surface area contributed by atoms with Gasteiger partial charge in [-0.05, 0) is 25.0 Å². The van der Waals surface area contributed by atoms with Crippen molar-refractivity contribution in [3.05, 3.63) is 29.3 Å². The number of amides is 2. The van der Waals surface area contributed by atoms with Crippen LogP contribution in [-0.2, 0) is 25.5 Å². The average Bonchev–Trinajstić information content (AvgIpc) is 3.18. The van der Waals surface area contributed by atoms with Crippen molar-refractivity contribution in [2.45, 2.75) is 19.3 Å². The quantitative estimate of drug-likeness (QED) is 0.744. The number of cyclic esters (lactones) is 1. The van der Waals surface area contributed by atoms with Gasteiger partial charge in [-0.2, -0.15) is 0 Å². The van der Waals surface area contributed by atoms with Gasteiger partial charge in [-0.1, -0.05) is 12.1 Å². The molecule has 1 aromatic heterocycles. The molecule has 1 aliphatic heterocycles. The first kappa shape index (κ1) is 16.4. The minimum atomic E-state index is -0.688. The van der Waals surface area contributed by atoms with Gasteiger partial charge in [0.1, 0.15) is 6.61 Å². The summed E-state index contributed by atoms with van der Waals surface area (Å²) in [5.41, 5.74) is 0.961. The second-order valence-electron chi connectivity index (χ2n) is 5.25. The summed E-state index contributed by atoms with van der Waals surface area (Å²) in [7, 11) is 0. The smallest absolute Gasteiger partial charge is 0.416 e. The van der Waals surface area contributed by atoms with E-state index in [0.29, 0.717) is 12.8 Å². The van der Waals surface area contributed by atoms with E-state index in [1.54, 1.807) is 11.3 Å². The van der Waals surface area contributed by atoms with Gasteiger partial charge in [-0.3, -0.25) is 9.59 Å². The molecular formula is C16H16N2O5S. The number of thiazole rings is 1. The molecule has 1 aliphatic rings. The Hall–Kier alpha value is -2.48. The van der Waals surface area contributed by atoms with E-state index in [9.17, 15) is 14.4 Å². The highest BCUT2D eigenvalue weighted by molar-refractivity contribution is 7.18. The lowest BCUT2D eigenvalue weighted by atomic mass is 10.2. The molecule has 8 heteroatoms. The molecule has 126 valence electrons. The molecule has 0 unspecified atom stereocenters. The summed E-state index contributed by atoms with van der Waals surface area (Å²) in [6, 6.07) is 7.88. The Balaban J connectivity index is 1.39. The highest BCUT2D eigenvalue weighted by Crippen LogP contribution is 2.22. The summed E-state index contributed by atoms with van der Waals surface area (Å²) in [6.45, 7) is -0.0530. The topological polar surface area (TPSA) is 85.8 Å². The van der Waals surface area contributed by atoms with Crippen molar-refractivity contribution in [3.8, 4) is 0 Å². The van der Waals surface area contributed by atoms with Crippen LogP contribution in [-0.4, -0.2) is 47.6 Å². The second kappa shape index (κ2) is 7.39. The number of para-hydroxylation sites is 1. The number of hydrogen-bond acceptors (Lipinski definition) is 7. The largest absolute Gasteiger partial charge is 0.456 e. The fraction of sp³-hybridized carbons (Fsp3) is 0.375. The van der Waals surface area contributed by atoms with Crippen LogP contribution >= 0.6 is 11.3 Å². The fourth-order valence-electron chi connectivity index (χ4n) is 2.32. The Labute approximate surface area is 142 Å². The van der Waals surface area contributed by atoms with E-state index in [1.807, 2.05) is 24.3 Å². The molecule has 1 aromatic carbocycles. The van der Waals surface area contributed by atoms with E-state index in [0.717, 1.165) is 20.1 Å². The lowest BCUT2D eigenvalue weighted by Crippen LogP contribution is -2.35. The monoisotopic (exact) mass is 348 g/mol. The van der Waals surface area contributed by atoms with Crippen LogP contribution in [0.3, 0.4) is 0 Å². The van der Waals surface area contributed by atoms with Gasteiger partial charge in [0.05, 0.1) is 21.8 Å². The van der Waals surface area contributed by atoms with Crippen LogP contribution < -0.4 is 0 Å². The number of benzene rings is 1. The first-order valence-corrected chi connectivity index (χ1v) is 8.42. The number of hydrogen-bond donors (Lipinski definition) is 0. The number of fused-ring (bicyclic) bond motifs is 1. The predicted molar refractivity (Wildman–Crippen MR) is 86.6 cm³/mol. The van der Waals surface area contributed by atoms with Crippen molar-refractivity contribution in [3.63, 3.8) is 0 Å². The van der Waals surface area contributed by atoms with Gasteiger partial charge >= 0.3 is 12.1 Å². The molecule has 3 rings (SSSR count). The molecular weight excluding hydrogens is 332 g/mol. The summed E-state index contributed by atoms with van der Waals surface area (Å²) in [6.07, 6.45) is 0.791. The molecule has 2 aromatic rings. The van der Waals surface area contributed by atoms with Gasteiger partial charge in [-0.25, -0.2) is 14.7 Å². The van der Waals surface area contributed by atoms with Crippen molar-refractivity contribution in [1.29, 1.82) is 0 Å². The van der Waals surface area contributed by atoms with E-state index in [4.69, 9.17) is 4.74 Å². The van der Waals surface area contributed by atoms with Crippen molar-refractivity contribution in [1.82, 2.24) is 9.88 Å². The molecule has 0 aliphatic carbocycles. The van der Waals surface area contributed by atoms with Gasteiger partial charge in [0.25, 0.3) is 5.91 Å². The molecule has 0 atom stereocenters. The standard InChI is InChI=1S/C16H16N2O5S/c19-14(18-8-9-22-16(18)21)10-23-15(20)7-3-6-13-17-11-4-1-2-5-12(11)24-13/h1-2,4-5H,3,6-10H2. The molecule has 1 fully saturated rings. The molecule has 2 heterocycles. The maximum Gasteiger partial charge on any atom is 0.416 e. The highest BCUT2D eigenvalue weighted by Gasteiger charge is 2.28. The lowest BCUT2D eigenvalue weighted by Gasteiger charge is -2.10. The zero-order valence-corrected chi connectivity index (χ0v) is 13.7. The second-order valence-corrected chi connectivity index (χ2v) is 6.36. The minimum absolute atomic E-state index is 0.181. The number of aryl methyl sites for hydroxylation is 1. The van der Waals surface area contributed by atoms with Crippen LogP contribution in [0, 0.1) is 0 Å². The van der Waals surface area contributed by atoms with Crippen LogP contribution in [0.2, 0.25) is 0 Å². The number of imide groups is 1. The van der Waals surface area contributed by atoms with Crippen LogP contribution in [0.5, 0.6) is 0 Å². The summed E-state index contributed by atoms with van der Waals surface area (Å²) < 4.78 is 10.7. The third kappa shape index (κ3) is 3.88. The van der Waals surface area contributed by atoms with Gasteiger partial charge in [0.2, 0.25) is 0 Å². The van der Waals surface area contributed by atoms with Crippen molar-refractivity contribution < 1.29 is 23.9 Å². The third-order valence-corrected chi connectivity index (χ3v) is 4.62. The SMILES string of the molecule is O=C(CCCc1nc2ccccc2s1)OCC(=O)N1CCOC1=O. The van der Waals surface area contributed by atoms with Gasteiger partial charge in [0.15, 0.2) is 6.61 Å². The Morgan fingerprint density at radius 2 is 2.17 bits per heavy atom. The van der Waals surface area contributed by atoms with E-state index >= 15 is 0 Å². The number of carbonyl (C=O) groups is 3. The maximum atomic E-state index is 11.7. The first-order valence-electron chi connectivity index (χ1n) is 7.60. The zero-order chi connectivity index (χ0) is 16.9. The van der Waals surface area contributed by atoms with Crippen molar-refractivity contribution >= 4 is 39.5 Å². The highest BCUT2D eigenvalue weighted by atomic mass is 32.1. The fourth-order valence-corrected chi connectivity index (χ4v) is 3.33. The first-order chi connectivity index (χ1) is 11.6. The number of nitrogens with zero attached hydrogens (tertiary/aromatic N) is 2. The predicted octanol–water partition coefficient (Wildman–Crippen LogP) is 2.14. The van der Waals surface area contributed by atoms with E-state index in [2.05, 4.69) is 9.72 Å². The Kier molecular flexibility index (Phi) is 5.05. The van der Waals surface area contributed by atoms with E-state index < -0.39 is 24.6 Å². The Morgan fingerprint density at radius 3 is 2.92 bits per heavy atom. The molecule has 0 spiro atoms. The Morgan fingerprint density at radius 1 is 1.33 bits per heavy atom. The van der Waals surface area contributed by atoms with Crippen LogP contribution in [0.15, 0.2) is 24.3 Å². The van der Waals surface area contributed by atoms with Crippen LogP contribution in [0.4, 0.5) is 4.79 Å². The normalized spacial score (nSPS) is 14.0. The number of carbonyl (C=O) groups excluding carboxylic acids is 3. The van der Waals surface area contributed by atoms with E-state index in [-0.39, 0.29) is 19.6 Å². The molecule has 7 nitrogen and oxygen atoms in total. The third-order valence-electron chi connectivity index (χ3n) is 3.53. The maximum absolute atomic E-state index is 11.7. The minimum Gasteiger partial charge on any atom is -0.456 e. The molecule has 24 heavy (non-hydrogen) atoms. The zero-order valence-electron chi connectivity index (χ0n) is 12.9. The number of ether oxygens (including phenoxy) is 2. The molecule has 0 bridgehead atoms. The molecule has 0 saturated carbocycles. The number of esters is 1. The lowest BCUT2D eigenvalue weighted by molar-refractivity contribution is -0.150. The molecule has 0 radical (unpaired) electrons. The summed E-state index contributed by atoms with van der Waals surface area (Å²) in [5.74, 6) is -1.02. The summed E-state index contributed by atoms with van der Waals surface area (Å²) >= 11 is 1.61. The van der Waals surface area contributed by atoms with Crippen molar-refractivity contribution in [2.75, 3.05) is 19.8 Å². The number of rotatable bonds is 6. The van der Waals surface area contributed by atoms with Gasteiger partial charge in [-0.15, -0.1) is 11.3 Å². The van der Waals surface area contributed by atoms with Crippen molar-refractivity contribution in [2.24, 2.45) is 0 Å². The van der Waals surface area contributed by atoms with E-state index in [1.165, 1.54) is 0 Å². The van der Waals surface area contributed by atoms with Crippen LogP contribution in [0.25, 0.3) is 10.2 Å². The molecule has 1 saturated heterocycles. The summed E-state index contributed by atoms with van der Waals surface area (Å²) in [5, 5.41) is 0.972. The summed E-state index contributed by atoms with van der Waals surface area (Å²) in [4.78, 5) is 40.0. The number of aromatic nitrogens is 1. The average molecular weight is 348 g/mol. The van der Waals surface area contributed by atoms with Crippen LogP contribution in [0.1, 0.15) is 17.8 Å². The molecule has 2 amide bonds. The van der Waals surface area contributed by atoms with Gasteiger partial charge < -0.3 is 9.47 Å².